The smallest absolute Gasteiger partial charge is 0.286 e. The number of rotatable bonds is 5. The van der Waals surface area contributed by atoms with E-state index in [4.69, 9.17) is 4.52 Å². The lowest BCUT2D eigenvalue weighted by molar-refractivity contribution is 0.0842. The van der Waals surface area contributed by atoms with Crippen LogP contribution in [0.4, 0.5) is 0 Å². The van der Waals surface area contributed by atoms with E-state index in [0.717, 1.165) is 21.5 Å². The topological polar surface area (TPSA) is 113 Å². The molecule has 0 aromatic carbocycles. The molecule has 0 unspecified atom stereocenters. The van der Waals surface area contributed by atoms with E-state index in [9.17, 15) is 9.59 Å². The molecule has 0 atom stereocenters. The summed E-state index contributed by atoms with van der Waals surface area (Å²) >= 11 is 4.65. The number of hydrazine groups is 1. The van der Waals surface area contributed by atoms with Gasteiger partial charge >= 0.3 is 0 Å². The first-order valence-electron chi connectivity index (χ1n) is 7.90. The second-order valence-corrected chi connectivity index (χ2v) is 7.47. The Kier molecular flexibility index (Phi) is 5.97. The van der Waals surface area contributed by atoms with Crippen molar-refractivity contribution in [2.75, 3.05) is 0 Å². The second kappa shape index (κ2) is 8.40. The van der Waals surface area contributed by atoms with E-state index in [2.05, 4.69) is 41.9 Å². The molecule has 3 N–H and O–H groups in total. The molecule has 2 amide bonds. The van der Waals surface area contributed by atoms with Crippen molar-refractivity contribution in [3.8, 4) is 0 Å². The van der Waals surface area contributed by atoms with Crippen LogP contribution < -0.4 is 10.9 Å². The van der Waals surface area contributed by atoms with E-state index < -0.39 is 11.8 Å². The Hall–Kier alpha value is -2.59. The van der Waals surface area contributed by atoms with Gasteiger partial charge in [-0.25, -0.2) is 4.98 Å². The van der Waals surface area contributed by atoms with E-state index in [1.807, 2.05) is 13.8 Å². The molecule has 0 aliphatic carbocycles. The highest BCUT2D eigenvalue weighted by molar-refractivity contribution is 9.10. The minimum atomic E-state index is -0.456. The van der Waals surface area contributed by atoms with Crippen LogP contribution in [-0.2, 0) is 5.75 Å². The molecule has 0 aliphatic rings. The summed E-state index contributed by atoms with van der Waals surface area (Å²) < 4.78 is 5.89. The van der Waals surface area contributed by atoms with Gasteiger partial charge in [-0.15, -0.1) is 11.8 Å². The number of H-pyrrole nitrogens is 1. The van der Waals surface area contributed by atoms with Crippen molar-refractivity contribution >= 4 is 39.5 Å². The largest absolute Gasteiger partial charge is 0.361 e. The van der Waals surface area contributed by atoms with Gasteiger partial charge in [0.05, 0.1) is 11.3 Å². The van der Waals surface area contributed by atoms with Crippen LogP contribution in [0.5, 0.6) is 0 Å². The summed E-state index contributed by atoms with van der Waals surface area (Å²) in [4.78, 5) is 31.5. The van der Waals surface area contributed by atoms with E-state index in [0.29, 0.717) is 22.0 Å². The van der Waals surface area contributed by atoms with E-state index >= 15 is 0 Å². The van der Waals surface area contributed by atoms with Gasteiger partial charge in [-0.1, -0.05) is 5.16 Å². The van der Waals surface area contributed by atoms with Gasteiger partial charge in [-0.3, -0.25) is 20.4 Å². The van der Waals surface area contributed by atoms with Crippen molar-refractivity contribution in [1.82, 2.24) is 26.0 Å². The zero-order chi connectivity index (χ0) is 19.4. The predicted octanol–water partition coefficient (Wildman–Crippen LogP) is 3.14. The van der Waals surface area contributed by atoms with Gasteiger partial charge in [0, 0.05) is 28.2 Å². The van der Waals surface area contributed by atoms with Crippen LogP contribution in [0.1, 0.15) is 37.9 Å². The van der Waals surface area contributed by atoms with Crippen LogP contribution in [-0.4, -0.2) is 26.9 Å². The molecule has 3 heterocycles. The number of carbonyl (C=O) groups is 2. The maximum absolute atomic E-state index is 12.5. The number of aromatic nitrogens is 3. The van der Waals surface area contributed by atoms with E-state index in [-0.39, 0.29) is 0 Å². The van der Waals surface area contributed by atoms with Crippen LogP contribution in [0, 0.1) is 13.8 Å². The van der Waals surface area contributed by atoms with Crippen LogP contribution in [0.15, 0.2) is 44.6 Å². The van der Waals surface area contributed by atoms with Gasteiger partial charge < -0.3 is 9.51 Å². The number of aromatic amines is 1. The fourth-order valence-electron chi connectivity index (χ4n) is 2.27. The highest BCUT2D eigenvalue weighted by Gasteiger charge is 2.16. The molecule has 10 heteroatoms. The summed E-state index contributed by atoms with van der Waals surface area (Å²) in [6, 6.07) is 4.92. The Labute approximate surface area is 167 Å². The van der Waals surface area contributed by atoms with E-state index in [1.54, 1.807) is 30.6 Å². The molecule has 0 fully saturated rings. The molecule has 0 bridgehead atoms. The fraction of sp³-hybridized carbons (Fsp3) is 0.176. The van der Waals surface area contributed by atoms with Crippen LogP contribution in [0.3, 0.4) is 0 Å². The van der Waals surface area contributed by atoms with Gasteiger partial charge in [-0.05, 0) is 48.0 Å². The van der Waals surface area contributed by atoms with Crippen LogP contribution in [0.2, 0.25) is 0 Å². The standard InChI is InChI=1S/C17H16BrN5O3S/c1-9-13(10(2)26-23-9)8-27-17-12(4-3-5-19-17)15(24)21-22-16(25)14-6-11(18)7-20-14/h3-7,20H,8H2,1-2H3,(H,21,24)(H,22,25). The number of pyridine rings is 1. The van der Waals surface area contributed by atoms with Crippen LogP contribution in [0.25, 0.3) is 0 Å². The summed E-state index contributed by atoms with van der Waals surface area (Å²) in [6.07, 6.45) is 3.24. The lowest BCUT2D eigenvalue weighted by atomic mass is 10.2. The average Bonchev–Trinajstić information content (AvgIpc) is 3.24. The fourth-order valence-corrected chi connectivity index (χ4v) is 3.76. The average molecular weight is 450 g/mol. The summed E-state index contributed by atoms with van der Waals surface area (Å²) in [5.74, 6) is 0.402. The SMILES string of the molecule is Cc1noc(C)c1CSc1ncccc1C(=O)NNC(=O)c1cc(Br)c[nH]1. The monoisotopic (exact) mass is 449 g/mol. The first kappa shape index (κ1) is 19.2. The molecule has 8 nitrogen and oxygen atoms in total. The zero-order valence-electron chi connectivity index (χ0n) is 14.5. The lowest BCUT2D eigenvalue weighted by Crippen LogP contribution is -2.42. The lowest BCUT2D eigenvalue weighted by Gasteiger charge is -2.09. The number of nitrogens with zero attached hydrogens (tertiary/aromatic N) is 2. The number of nitrogens with one attached hydrogen (secondary N) is 3. The van der Waals surface area contributed by atoms with Crippen molar-refractivity contribution in [2.24, 2.45) is 0 Å². The highest BCUT2D eigenvalue weighted by Crippen LogP contribution is 2.27. The summed E-state index contributed by atoms with van der Waals surface area (Å²) in [5, 5.41) is 4.47. The van der Waals surface area contributed by atoms with Gasteiger partial charge in [0.25, 0.3) is 11.8 Å². The third kappa shape index (κ3) is 4.58. The third-order valence-electron chi connectivity index (χ3n) is 3.73. The Morgan fingerprint density at radius 3 is 2.74 bits per heavy atom. The predicted molar refractivity (Wildman–Crippen MR) is 103 cm³/mol. The number of hydrogen-bond acceptors (Lipinski definition) is 6. The number of thioether (sulfide) groups is 1. The maximum Gasteiger partial charge on any atom is 0.286 e. The first-order valence-corrected chi connectivity index (χ1v) is 9.67. The molecule has 140 valence electrons. The molecule has 0 aliphatic heterocycles. The normalized spacial score (nSPS) is 10.6. The third-order valence-corrected chi connectivity index (χ3v) is 5.22. The molecule has 0 saturated heterocycles. The first-order chi connectivity index (χ1) is 13.0. The molecular formula is C17H16BrN5O3S. The molecule has 0 radical (unpaired) electrons. The number of aryl methyl sites for hydroxylation is 2. The molecule has 3 aromatic heterocycles. The maximum atomic E-state index is 12.5. The molecule has 0 spiro atoms. The van der Waals surface area contributed by atoms with Crippen LogP contribution >= 0.6 is 27.7 Å². The van der Waals surface area contributed by atoms with Crippen molar-refractivity contribution in [3.63, 3.8) is 0 Å². The van der Waals surface area contributed by atoms with Gasteiger partial charge in [0.15, 0.2) is 0 Å². The van der Waals surface area contributed by atoms with Crippen molar-refractivity contribution in [1.29, 1.82) is 0 Å². The van der Waals surface area contributed by atoms with E-state index in [1.165, 1.54) is 11.8 Å². The molecular weight excluding hydrogens is 434 g/mol. The number of amides is 2. The van der Waals surface area contributed by atoms with Gasteiger partial charge in [-0.2, -0.15) is 0 Å². The highest BCUT2D eigenvalue weighted by atomic mass is 79.9. The molecule has 3 rings (SSSR count). The van der Waals surface area contributed by atoms with Crippen molar-refractivity contribution in [3.05, 3.63) is 63.3 Å². The number of halogens is 1. The second-order valence-electron chi connectivity index (χ2n) is 5.59. The molecule has 0 saturated carbocycles. The minimum Gasteiger partial charge on any atom is -0.361 e. The number of carbonyl (C=O) groups excluding carboxylic acids is 2. The van der Waals surface area contributed by atoms with Gasteiger partial charge in [0.1, 0.15) is 16.5 Å². The summed E-state index contributed by atoms with van der Waals surface area (Å²) in [6.45, 7) is 3.71. The summed E-state index contributed by atoms with van der Waals surface area (Å²) in [7, 11) is 0. The Balaban J connectivity index is 1.65. The van der Waals surface area contributed by atoms with Crippen molar-refractivity contribution in [2.45, 2.75) is 24.6 Å². The molecule has 3 aromatic rings. The minimum absolute atomic E-state index is 0.321. The Bertz CT molecular complexity index is 965. The quantitative estimate of drug-likeness (QED) is 0.407. The van der Waals surface area contributed by atoms with Crippen molar-refractivity contribution < 1.29 is 14.1 Å². The number of hydrogen-bond donors (Lipinski definition) is 3. The zero-order valence-corrected chi connectivity index (χ0v) is 16.9. The van der Waals surface area contributed by atoms with Gasteiger partial charge in [0.2, 0.25) is 0 Å². The Morgan fingerprint density at radius 1 is 1.30 bits per heavy atom. The molecule has 27 heavy (non-hydrogen) atoms. The Morgan fingerprint density at radius 2 is 2.07 bits per heavy atom. The summed E-state index contributed by atoms with van der Waals surface area (Å²) in [5.41, 5.74) is 7.25.